The first-order valence-electron chi connectivity index (χ1n) is 5.40. The van der Waals surface area contributed by atoms with Gasteiger partial charge in [0.25, 0.3) is 0 Å². The summed E-state index contributed by atoms with van der Waals surface area (Å²) >= 11 is 3.28. The van der Waals surface area contributed by atoms with Crippen molar-refractivity contribution < 1.29 is 8.42 Å². The molecular weight excluding hydrogens is 304 g/mol. The van der Waals surface area contributed by atoms with Gasteiger partial charge >= 0.3 is 0 Å². The largest absolute Gasteiger partial charge is 0.316 e. The highest BCUT2D eigenvalue weighted by Crippen LogP contribution is 2.15. The third kappa shape index (κ3) is 3.51. The first-order chi connectivity index (χ1) is 8.08. The summed E-state index contributed by atoms with van der Waals surface area (Å²) in [5.74, 6) is 0. The fourth-order valence-corrected chi connectivity index (χ4v) is 3.20. The Balaban J connectivity index is 2.10. The van der Waals surface area contributed by atoms with Crippen molar-refractivity contribution in [2.45, 2.75) is 17.4 Å². The molecule has 4 nitrogen and oxygen atoms in total. The summed E-state index contributed by atoms with van der Waals surface area (Å²) in [6.45, 7) is 1.58. The van der Waals surface area contributed by atoms with Crippen molar-refractivity contribution in [1.82, 2.24) is 10.0 Å². The van der Waals surface area contributed by atoms with Crippen molar-refractivity contribution in [3.63, 3.8) is 0 Å². The number of hydrogen-bond acceptors (Lipinski definition) is 3. The van der Waals surface area contributed by atoms with Crippen LogP contribution in [0.4, 0.5) is 0 Å². The molecule has 1 unspecified atom stereocenters. The highest BCUT2D eigenvalue weighted by atomic mass is 79.9. The maximum Gasteiger partial charge on any atom is 0.240 e. The van der Waals surface area contributed by atoms with Crippen LogP contribution < -0.4 is 10.0 Å². The molecule has 1 aromatic rings. The van der Waals surface area contributed by atoms with Crippen LogP contribution >= 0.6 is 15.9 Å². The lowest BCUT2D eigenvalue weighted by Gasteiger charge is -2.23. The van der Waals surface area contributed by atoms with Gasteiger partial charge in [0, 0.05) is 10.5 Å². The first kappa shape index (κ1) is 13.0. The normalized spacial score (nSPS) is 18.2. The molecule has 0 aliphatic carbocycles. The predicted octanol–water partition coefficient (Wildman–Crippen LogP) is 1.29. The van der Waals surface area contributed by atoms with Crippen molar-refractivity contribution in [1.29, 1.82) is 0 Å². The molecule has 0 aromatic heterocycles. The Morgan fingerprint density at radius 1 is 1.29 bits per heavy atom. The van der Waals surface area contributed by atoms with E-state index in [0.29, 0.717) is 4.90 Å². The number of halogens is 1. The van der Waals surface area contributed by atoms with E-state index in [4.69, 9.17) is 0 Å². The van der Waals surface area contributed by atoms with Gasteiger partial charge in [-0.15, -0.1) is 0 Å². The van der Waals surface area contributed by atoms with Crippen LogP contribution in [0.1, 0.15) is 6.42 Å². The first-order valence-corrected chi connectivity index (χ1v) is 7.67. The van der Waals surface area contributed by atoms with E-state index in [0.717, 1.165) is 24.0 Å². The van der Waals surface area contributed by atoms with E-state index >= 15 is 0 Å². The lowest BCUT2D eigenvalue weighted by molar-refractivity contribution is 0.499. The molecule has 6 heteroatoms. The lowest BCUT2D eigenvalue weighted by atomic mass is 10.1. The minimum atomic E-state index is -3.41. The molecule has 1 saturated heterocycles. The van der Waals surface area contributed by atoms with Crippen LogP contribution in [0, 0.1) is 6.42 Å². The molecule has 17 heavy (non-hydrogen) atoms. The predicted molar refractivity (Wildman–Crippen MR) is 70.0 cm³/mol. The summed E-state index contributed by atoms with van der Waals surface area (Å²) in [5.41, 5.74) is 0. The molecular formula is C11H14BrN2O2S. The van der Waals surface area contributed by atoms with Crippen molar-refractivity contribution in [3.05, 3.63) is 35.2 Å². The van der Waals surface area contributed by atoms with E-state index in [1.807, 2.05) is 6.42 Å². The molecule has 1 aliphatic rings. The standard InChI is InChI=1S/C11H14BrN2O2S/c12-9-1-3-11(4-2-9)17(15,16)14-10-5-7-13-8-6-10/h1-5,10,13-14H,6-8H2. The molecule has 1 atom stereocenters. The Kier molecular flexibility index (Phi) is 4.19. The van der Waals surface area contributed by atoms with E-state index < -0.39 is 10.0 Å². The molecule has 2 N–H and O–H groups in total. The molecule has 0 bridgehead atoms. The fourth-order valence-electron chi connectivity index (χ4n) is 1.69. The summed E-state index contributed by atoms with van der Waals surface area (Å²) in [6, 6.07) is 6.55. The van der Waals surface area contributed by atoms with E-state index in [-0.39, 0.29) is 6.04 Å². The second-order valence-corrected chi connectivity index (χ2v) is 6.54. The second kappa shape index (κ2) is 5.48. The molecule has 1 fully saturated rings. The maximum absolute atomic E-state index is 12.0. The highest BCUT2D eigenvalue weighted by molar-refractivity contribution is 9.10. The molecule has 1 aromatic carbocycles. The second-order valence-electron chi connectivity index (χ2n) is 3.91. The van der Waals surface area contributed by atoms with Crippen LogP contribution in [0.3, 0.4) is 0 Å². The Morgan fingerprint density at radius 3 is 2.59 bits per heavy atom. The van der Waals surface area contributed by atoms with Crippen molar-refractivity contribution in [3.8, 4) is 0 Å². The Labute approximate surface area is 110 Å². The monoisotopic (exact) mass is 317 g/mol. The van der Waals surface area contributed by atoms with Gasteiger partial charge in [0.2, 0.25) is 10.0 Å². The van der Waals surface area contributed by atoms with Crippen LogP contribution in [-0.2, 0) is 10.0 Å². The van der Waals surface area contributed by atoms with Gasteiger partial charge in [-0.3, -0.25) is 0 Å². The number of benzene rings is 1. The van der Waals surface area contributed by atoms with Crippen LogP contribution in [0.25, 0.3) is 0 Å². The number of piperidine rings is 1. The van der Waals surface area contributed by atoms with Gasteiger partial charge in [-0.25, -0.2) is 13.1 Å². The van der Waals surface area contributed by atoms with Crippen molar-refractivity contribution >= 4 is 26.0 Å². The molecule has 1 heterocycles. The van der Waals surface area contributed by atoms with Crippen LogP contribution in [0.2, 0.25) is 0 Å². The number of hydrogen-bond donors (Lipinski definition) is 2. The van der Waals surface area contributed by atoms with Gasteiger partial charge in [0.15, 0.2) is 0 Å². The highest BCUT2D eigenvalue weighted by Gasteiger charge is 2.21. The quantitative estimate of drug-likeness (QED) is 0.883. The zero-order valence-corrected chi connectivity index (χ0v) is 11.6. The van der Waals surface area contributed by atoms with Crippen molar-refractivity contribution in [2.75, 3.05) is 13.1 Å². The summed E-state index contributed by atoms with van der Waals surface area (Å²) in [6.07, 6.45) is 2.73. The Morgan fingerprint density at radius 2 is 2.00 bits per heavy atom. The van der Waals surface area contributed by atoms with E-state index in [1.54, 1.807) is 24.3 Å². The number of sulfonamides is 1. The van der Waals surface area contributed by atoms with Gasteiger partial charge in [-0.05, 0) is 50.2 Å². The van der Waals surface area contributed by atoms with Crippen LogP contribution in [0.15, 0.2) is 33.6 Å². The smallest absolute Gasteiger partial charge is 0.240 e. The average molecular weight is 318 g/mol. The SMILES string of the molecule is O=S(=O)(NC1[CH]CNCC1)c1ccc(Br)cc1. The zero-order valence-electron chi connectivity index (χ0n) is 9.19. The van der Waals surface area contributed by atoms with Crippen molar-refractivity contribution in [2.24, 2.45) is 0 Å². The summed E-state index contributed by atoms with van der Waals surface area (Å²) in [4.78, 5) is 0.299. The molecule has 2 rings (SSSR count). The van der Waals surface area contributed by atoms with Gasteiger partial charge in [-0.2, -0.15) is 0 Å². The van der Waals surface area contributed by atoms with Gasteiger partial charge in [0.05, 0.1) is 4.90 Å². The van der Waals surface area contributed by atoms with E-state index in [9.17, 15) is 8.42 Å². The summed E-state index contributed by atoms with van der Waals surface area (Å²) < 4.78 is 27.6. The number of rotatable bonds is 3. The van der Waals surface area contributed by atoms with Crippen LogP contribution in [0.5, 0.6) is 0 Å². The molecule has 0 spiro atoms. The molecule has 93 valence electrons. The van der Waals surface area contributed by atoms with Gasteiger partial charge < -0.3 is 5.32 Å². The maximum atomic E-state index is 12.0. The fraction of sp³-hybridized carbons (Fsp3) is 0.364. The Bertz CT molecular complexity index is 467. The van der Waals surface area contributed by atoms with E-state index in [2.05, 4.69) is 26.0 Å². The van der Waals surface area contributed by atoms with Crippen LogP contribution in [-0.4, -0.2) is 27.5 Å². The third-order valence-electron chi connectivity index (χ3n) is 2.61. The zero-order chi connectivity index (χ0) is 12.3. The molecule has 1 radical (unpaired) electrons. The number of nitrogens with one attached hydrogen (secondary N) is 2. The Hall–Kier alpha value is -0.430. The molecule has 1 aliphatic heterocycles. The van der Waals surface area contributed by atoms with E-state index in [1.165, 1.54) is 0 Å². The topological polar surface area (TPSA) is 58.2 Å². The molecule has 0 saturated carbocycles. The average Bonchev–Trinajstić information content (AvgIpc) is 2.30. The summed E-state index contributed by atoms with van der Waals surface area (Å²) in [7, 11) is -3.41. The lowest BCUT2D eigenvalue weighted by Crippen LogP contribution is -2.43. The molecule has 0 amide bonds. The van der Waals surface area contributed by atoms with Gasteiger partial charge in [0.1, 0.15) is 0 Å². The minimum absolute atomic E-state index is 0.0788. The minimum Gasteiger partial charge on any atom is -0.316 e. The van der Waals surface area contributed by atoms with Gasteiger partial charge in [-0.1, -0.05) is 15.9 Å². The third-order valence-corrected chi connectivity index (χ3v) is 4.64. The summed E-state index contributed by atoms with van der Waals surface area (Å²) in [5, 5.41) is 3.15.